The van der Waals surface area contributed by atoms with Crippen LogP contribution in [0.4, 0.5) is 4.39 Å². The number of nitrogens with one attached hydrogen (secondary N) is 2. The quantitative estimate of drug-likeness (QED) is 0.541. The van der Waals surface area contributed by atoms with Gasteiger partial charge in [-0.15, -0.1) is 0 Å². The van der Waals surface area contributed by atoms with Gasteiger partial charge >= 0.3 is 0 Å². The second kappa shape index (κ2) is 11.1. The second-order valence-corrected chi connectivity index (χ2v) is 7.95. The van der Waals surface area contributed by atoms with Crippen molar-refractivity contribution >= 4 is 5.96 Å². The van der Waals surface area contributed by atoms with E-state index in [4.69, 9.17) is 4.74 Å². The summed E-state index contributed by atoms with van der Waals surface area (Å²) in [5.41, 5.74) is 3.69. The molecule has 0 saturated carbocycles. The molecule has 0 bridgehead atoms. The van der Waals surface area contributed by atoms with E-state index in [9.17, 15) is 4.39 Å². The number of nitrogens with zero attached hydrogens (tertiary/aromatic N) is 2. The van der Waals surface area contributed by atoms with Gasteiger partial charge in [-0.25, -0.2) is 4.39 Å². The Kier molecular flexibility index (Phi) is 8.22. The number of rotatable bonds is 7. The molecule has 162 valence electrons. The largest absolute Gasteiger partial charge is 0.373 e. The molecule has 0 aliphatic carbocycles. The van der Waals surface area contributed by atoms with Crippen LogP contribution in [0.15, 0.2) is 53.5 Å². The average molecular weight is 413 g/mol. The predicted octanol–water partition coefficient (Wildman–Crippen LogP) is 3.34. The lowest BCUT2D eigenvalue weighted by molar-refractivity contribution is -0.0705. The van der Waals surface area contributed by atoms with Crippen LogP contribution >= 0.6 is 0 Å². The summed E-state index contributed by atoms with van der Waals surface area (Å²) in [7, 11) is 1.77. The molecule has 1 fully saturated rings. The standard InChI is InChI=1S/C24H33FN4O/c1-18-15-29(16-19(2)30-18)17-22-7-5-4-6-21(22)14-28-24(26-3)27-13-12-20-8-10-23(25)11-9-20/h4-11,18-19H,12-17H2,1-3H3,(H2,26,27,28). The minimum absolute atomic E-state index is 0.205. The SMILES string of the molecule is CN=C(NCCc1ccc(F)cc1)NCc1ccccc1CN1CC(C)OC(C)C1. The lowest BCUT2D eigenvalue weighted by atomic mass is 10.1. The molecule has 1 saturated heterocycles. The van der Waals surface area contributed by atoms with Crippen molar-refractivity contribution in [2.45, 2.75) is 45.6 Å². The smallest absolute Gasteiger partial charge is 0.191 e. The van der Waals surface area contributed by atoms with Gasteiger partial charge < -0.3 is 15.4 Å². The molecule has 1 heterocycles. The van der Waals surface area contributed by atoms with Crippen LogP contribution in [0.1, 0.15) is 30.5 Å². The van der Waals surface area contributed by atoms with Crippen LogP contribution < -0.4 is 10.6 Å². The number of guanidine groups is 1. The Balaban J connectivity index is 1.51. The molecule has 2 unspecified atom stereocenters. The number of benzene rings is 2. The van der Waals surface area contributed by atoms with E-state index < -0.39 is 0 Å². The highest BCUT2D eigenvalue weighted by Crippen LogP contribution is 2.17. The van der Waals surface area contributed by atoms with Crippen LogP contribution in [-0.2, 0) is 24.2 Å². The first-order valence-electron chi connectivity index (χ1n) is 10.7. The normalized spacial score (nSPS) is 20.2. The number of hydrogen-bond acceptors (Lipinski definition) is 3. The minimum Gasteiger partial charge on any atom is -0.373 e. The van der Waals surface area contributed by atoms with Crippen LogP contribution in [0.3, 0.4) is 0 Å². The van der Waals surface area contributed by atoms with Gasteiger partial charge in [0, 0.05) is 39.8 Å². The third-order valence-electron chi connectivity index (χ3n) is 5.30. The van der Waals surface area contributed by atoms with E-state index in [2.05, 4.69) is 58.6 Å². The molecule has 30 heavy (non-hydrogen) atoms. The van der Waals surface area contributed by atoms with E-state index in [-0.39, 0.29) is 18.0 Å². The Bertz CT molecular complexity index is 814. The molecule has 0 radical (unpaired) electrons. The highest BCUT2D eigenvalue weighted by atomic mass is 19.1. The maximum absolute atomic E-state index is 13.0. The maximum atomic E-state index is 13.0. The molecule has 0 spiro atoms. The summed E-state index contributed by atoms with van der Waals surface area (Å²) in [5.74, 6) is 0.560. The number of aliphatic imine (C=N–C) groups is 1. The van der Waals surface area contributed by atoms with Crippen molar-refractivity contribution in [1.82, 2.24) is 15.5 Å². The fraction of sp³-hybridized carbons (Fsp3) is 0.458. The van der Waals surface area contributed by atoms with Gasteiger partial charge in [0.1, 0.15) is 5.82 Å². The van der Waals surface area contributed by atoms with Crippen LogP contribution in [0.2, 0.25) is 0 Å². The first-order valence-corrected chi connectivity index (χ1v) is 10.7. The highest BCUT2D eigenvalue weighted by molar-refractivity contribution is 5.79. The van der Waals surface area contributed by atoms with Crippen molar-refractivity contribution in [2.24, 2.45) is 4.99 Å². The molecular formula is C24H33FN4O. The summed E-state index contributed by atoms with van der Waals surface area (Å²) < 4.78 is 18.9. The van der Waals surface area contributed by atoms with Gasteiger partial charge in [-0.2, -0.15) is 0 Å². The highest BCUT2D eigenvalue weighted by Gasteiger charge is 2.22. The van der Waals surface area contributed by atoms with Crippen molar-refractivity contribution < 1.29 is 9.13 Å². The Morgan fingerprint density at radius 1 is 1.03 bits per heavy atom. The van der Waals surface area contributed by atoms with Gasteiger partial charge in [-0.3, -0.25) is 9.89 Å². The summed E-state index contributed by atoms with van der Waals surface area (Å²) in [6.07, 6.45) is 1.34. The molecular weight excluding hydrogens is 379 g/mol. The van der Waals surface area contributed by atoms with Gasteiger partial charge in [0.2, 0.25) is 0 Å². The van der Waals surface area contributed by atoms with Crippen LogP contribution in [0, 0.1) is 5.82 Å². The van der Waals surface area contributed by atoms with Gasteiger partial charge in [-0.05, 0) is 49.1 Å². The van der Waals surface area contributed by atoms with Gasteiger partial charge in [-0.1, -0.05) is 36.4 Å². The lowest BCUT2D eigenvalue weighted by Gasteiger charge is -2.35. The number of halogens is 1. The fourth-order valence-electron chi connectivity index (χ4n) is 3.91. The Hall–Kier alpha value is -2.44. The van der Waals surface area contributed by atoms with E-state index in [1.54, 1.807) is 7.05 Å². The molecule has 2 atom stereocenters. The minimum atomic E-state index is -0.205. The van der Waals surface area contributed by atoms with E-state index >= 15 is 0 Å². The molecule has 1 aliphatic rings. The van der Waals surface area contributed by atoms with Crippen molar-refractivity contribution in [1.29, 1.82) is 0 Å². The summed E-state index contributed by atoms with van der Waals surface area (Å²) >= 11 is 0. The number of morpholine rings is 1. The van der Waals surface area contributed by atoms with Crippen molar-refractivity contribution in [3.8, 4) is 0 Å². The van der Waals surface area contributed by atoms with Crippen LogP contribution in [0.5, 0.6) is 0 Å². The second-order valence-electron chi connectivity index (χ2n) is 7.95. The molecule has 3 rings (SSSR count). The number of ether oxygens (including phenoxy) is 1. The predicted molar refractivity (Wildman–Crippen MR) is 120 cm³/mol. The third kappa shape index (κ3) is 6.82. The topological polar surface area (TPSA) is 48.9 Å². The molecule has 5 nitrogen and oxygen atoms in total. The van der Waals surface area contributed by atoms with Gasteiger partial charge in [0.05, 0.1) is 12.2 Å². The molecule has 6 heteroatoms. The molecule has 1 aliphatic heterocycles. The van der Waals surface area contributed by atoms with Crippen LogP contribution in [-0.4, -0.2) is 49.7 Å². The maximum Gasteiger partial charge on any atom is 0.191 e. The van der Waals surface area contributed by atoms with E-state index in [0.29, 0.717) is 6.54 Å². The molecule has 2 aromatic rings. The van der Waals surface area contributed by atoms with E-state index in [1.165, 1.54) is 23.3 Å². The van der Waals surface area contributed by atoms with Crippen LogP contribution in [0.25, 0.3) is 0 Å². The fourth-order valence-corrected chi connectivity index (χ4v) is 3.91. The Morgan fingerprint density at radius 2 is 1.70 bits per heavy atom. The summed E-state index contributed by atoms with van der Waals surface area (Å²) in [6.45, 7) is 8.55. The molecule has 0 amide bonds. The van der Waals surface area contributed by atoms with Gasteiger partial charge in [0.25, 0.3) is 0 Å². The van der Waals surface area contributed by atoms with E-state index in [0.717, 1.165) is 44.1 Å². The van der Waals surface area contributed by atoms with Crippen molar-refractivity contribution in [3.05, 3.63) is 71.0 Å². The lowest BCUT2D eigenvalue weighted by Crippen LogP contribution is -2.45. The zero-order chi connectivity index (χ0) is 21.3. The Morgan fingerprint density at radius 3 is 2.37 bits per heavy atom. The summed E-state index contributed by atoms with van der Waals surface area (Å²) in [6, 6.07) is 15.2. The molecule has 0 aromatic heterocycles. The zero-order valence-corrected chi connectivity index (χ0v) is 18.2. The van der Waals surface area contributed by atoms with E-state index in [1.807, 2.05) is 12.1 Å². The zero-order valence-electron chi connectivity index (χ0n) is 18.2. The molecule has 2 aromatic carbocycles. The average Bonchev–Trinajstić information content (AvgIpc) is 2.72. The van der Waals surface area contributed by atoms with Gasteiger partial charge in [0.15, 0.2) is 5.96 Å². The third-order valence-corrected chi connectivity index (χ3v) is 5.30. The molecule has 2 N–H and O–H groups in total. The number of hydrogen-bond donors (Lipinski definition) is 2. The first kappa shape index (κ1) is 22.2. The Labute approximate surface area is 179 Å². The van der Waals surface area contributed by atoms with Crippen molar-refractivity contribution in [2.75, 3.05) is 26.7 Å². The summed E-state index contributed by atoms with van der Waals surface area (Å²) in [4.78, 5) is 6.79. The summed E-state index contributed by atoms with van der Waals surface area (Å²) in [5, 5.41) is 6.75. The first-order chi connectivity index (χ1) is 14.5. The van der Waals surface area contributed by atoms with Crippen molar-refractivity contribution in [3.63, 3.8) is 0 Å². The monoisotopic (exact) mass is 412 g/mol.